The van der Waals surface area contributed by atoms with Crippen LogP contribution in [0.2, 0.25) is 0 Å². The molecule has 0 bridgehead atoms. The molecule has 0 saturated heterocycles. The van der Waals surface area contributed by atoms with Crippen molar-refractivity contribution in [2.45, 2.75) is 26.4 Å². The van der Waals surface area contributed by atoms with E-state index in [1.807, 2.05) is 13.8 Å². The van der Waals surface area contributed by atoms with Crippen LogP contribution in [0.15, 0.2) is 0 Å². The van der Waals surface area contributed by atoms with E-state index in [0.29, 0.717) is 12.4 Å². The Balaban J connectivity index is 2.35. The number of H-pyrrole nitrogens is 1. The second kappa shape index (κ2) is 4.54. The van der Waals surface area contributed by atoms with Gasteiger partial charge in [0.1, 0.15) is 0 Å². The summed E-state index contributed by atoms with van der Waals surface area (Å²) in [5, 5.41) is 15.7. The summed E-state index contributed by atoms with van der Waals surface area (Å²) in [4.78, 5) is 13.0. The van der Waals surface area contributed by atoms with Crippen molar-refractivity contribution >= 4 is 6.03 Å². The van der Waals surface area contributed by atoms with E-state index < -0.39 is 0 Å². The molecule has 0 radical (unpaired) electrons. The minimum Gasteiger partial charge on any atom is -0.331 e. The monoisotopic (exact) mass is 198 g/mol. The van der Waals surface area contributed by atoms with E-state index in [1.54, 1.807) is 11.9 Å². The largest absolute Gasteiger partial charge is 0.331 e. The molecule has 7 heteroatoms. The van der Waals surface area contributed by atoms with Crippen molar-refractivity contribution in [3.05, 3.63) is 5.82 Å². The summed E-state index contributed by atoms with van der Waals surface area (Å²) in [6, 6.07) is 0.0271. The van der Waals surface area contributed by atoms with Gasteiger partial charge in [-0.2, -0.15) is 0 Å². The van der Waals surface area contributed by atoms with Crippen LogP contribution in [0.4, 0.5) is 4.79 Å². The lowest BCUT2D eigenvalue weighted by atomic mass is 10.4. The zero-order valence-electron chi connectivity index (χ0n) is 8.48. The van der Waals surface area contributed by atoms with Crippen molar-refractivity contribution in [2.24, 2.45) is 0 Å². The molecule has 1 aromatic heterocycles. The predicted molar refractivity (Wildman–Crippen MR) is 49.3 cm³/mol. The van der Waals surface area contributed by atoms with Crippen molar-refractivity contribution in [3.63, 3.8) is 0 Å². The Labute approximate surface area is 81.9 Å². The average molecular weight is 198 g/mol. The third-order valence-corrected chi connectivity index (χ3v) is 1.89. The molecule has 7 nitrogen and oxygen atoms in total. The molecule has 1 aromatic rings. The van der Waals surface area contributed by atoms with Gasteiger partial charge in [0, 0.05) is 13.1 Å². The van der Waals surface area contributed by atoms with Gasteiger partial charge >= 0.3 is 6.03 Å². The van der Waals surface area contributed by atoms with E-state index in [2.05, 4.69) is 25.9 Å². The molecule has 2 amide bonds. The number of aromatic amines is 1. The second-order valence-electron chi connectivity index (χ2n) is 3.21. The van der Waals surface area contributed by atoms with Crippen LogP contribution in [-0.4, -0.2) is 44.6 Å². The van der Waals surface area contributed by atoms with E-state index in [4.69, 9.17) is 0 Å². The lowest BCUT2D eigenvalue weighted by Gasteiger charge is -2.21. The standard InChI is InChI=1S/C7H14N6O/c1-5(2)13(3)7(14)8-4-6-9-11-12-10-6/h5H,4H2,1-3H3,(H,8,14)(H,9,10,11,12). The molecule has 0 fully saturated rings. The molecule has 78 valence electrons. The van der Waals surface area contributed by atoms with Crippen molar-refractivity contribution in [3.8, 4) is 0 Å². The highest BCUT2D eigenvalue weighted by molar-refractivity contribution is 5.73. The van der Waals surface area contributed by atoms with Gasteiger partial charge in [0.15, 0.2) is 5.82 Å². The fourth-order valence-electron chi connectivity index (χ4n) is 0.772. The Bertz CT molecular complexity index is 282. The average Bonchev–Trinajstić information content (AvgIpc) is 2.65. The van der Waals surface area contributed by atoms with Gasteiger partial charge < -0.3 is 10.2 Å². The lowest BCUT2D eigenvalue weighted by molar-refractivity contribution is 0.197. The van der Waals surface area contributed by atoms with Crippen molar-refractivity contribution < 1.29 is 4.79 Å². The number of amides is 2. The Morgan fingerprint density at radius 2 is 2.36 bits per heavy atom. The van der Waals surface area contributed by atoms with Gasteiger partial charge in [-0.25, -0.2) is 9.89 Å². The maximum Gasteiger partial charge on any atom is 0.317 e. The summed E-state index contributed by atoms with van der Waals surface area (Å²) in [6.07, 6.45) is 0. The number of hydrogen-bond donors (Lipinski definition) is 2. The van der Waals surface area contributed by atoms with Crippen LogP contribution in [0.5, 0.6) is 0 Å². The van der Waals surface area contributed by atoms with E-state index in [-0.39, 0.29) is 12.1 Å². The topological polar surface area (TPSA) is 86.8 Å². The van der Waals surface area contributed by atoms with Crippen LogP contribution >= 0.6 is 0 Å². The maximum absolute atomic E-state index is 11.4. The molecule has 0 aliphatic carbocycles. The Morgan fingerprint density at radius 1 is 1.64 bits per heavy atom. The highest BCUT2D eigenvalue weighted by Gasteiger charge is 2.11. The molecule has 0 spiro atoms. The third kappa shape index (κ3) is 2.68. The minimum atomic E-state index is -0.142. The molecule has 1 heterocycles. The summed E-state index contributed by atoms with van der Waals surface area (Å²) in [5.41, 5.74) is 0. The third-order valence-electron chi connectivity index (χ3n) is 1.89. The van der Waals surface area contributed by atoms with Crippen molar-refractivity contribution in [2.75, 3.05) is 7.05 Å². The lowest BCUT2D eigenvalue weighted by Crippen LogP contribution is -2.40. The predicted octanol–water partition coefficient (Wildman–Crippen LogP) is -0.251. The Morgan fingerprint density at radius 3 is 2.86 bits per heavy atom. The van der Waals surface area contributed by atoms with Crippen LogP contribution in [-0.2, 0) is 6.54 Å². The number of tetrazole rings is 1. The van der Waals surface area contributed by atoms with Crippen LogP contribution < -0.4 is 5.32 Å². The fourth-order valence-corrected chi connectivity index (χ4v) is 0.772. The first-order chi connectivity index (χ1) is 6.61. The maximum atomic E-state index is 11.4. The van der Waals surface area contributed by atoms with E-state index >= 15 is 0 Å². The first kappa shape index (κ1) is 10.4. The zero-order chi connectivity index (χ0) is 10.6. The molecular weight excluding hydrogens is 184 g/mol. The first-order valence-electron chi connectivity index (χ1n) is 4.34. The van der Waals surface area contributed by atoms with Crippen molar-refractivity contribution in [1.82, 2.24) is 30.8 Å². The number of carbonyl (C=O) groups is 1. The zero-order valence-corrected chi connectivity index (χ0v) is 8.48. The molecule has 14 heavy (non-hydrogen) atoms. The van der Waals surface area contributed by atoms with Gasteiger partial charge in [0.2, 0.25) is 0 Å². The number of hydrogen-bond acceptors (Lipinski definition) is 4. The van der Waals surface area contributed by atoms with Gasteiger partial charge in [0.05, 0.1) is 6.54 Å². The fraction of sp³-hybridized carbons (Fsp3) is 0.714. The Kier molecular flexibility index (Phi) is 3.38. The number of nitrogens with zero attached hydrogens (tertiary/aromatic N) is 4. The van der Waals surface area contributed by atoms with Gasteiger partial charge in [-0.3, -0.25) is 0 Å². The highest BCUT2D eigenvalue weighted by Crippen LogP contribution is 1.94. The van der Waals surface area contributed by atoms with E-state index in [9.17, 15) is 4.79 Å². The van der Waals surface area contributed by atoms with Crippen LogP contribution in [0.3, 0.4) is 0 Å². The molecule has 0 aromatic carbocycles. The molecule has 0 atom stereocenters. The van der Waals surface area contributed by atoms with Gasteiger partial charge in [0.25, 0.3) is 0 Å². The molecule has 0 aliphatic rings. The van der Waals surface area contributed by atoms with Gasteiger partial charge in [-0.05, 0) is 24.3 Å². The van der Waals surface area contributed by atoms with Gasteiger partial charge in [-0.15, -0.1) is 5.10 Å². The summed E-state index contributed by atoms with van der Waals surface area (Å²) in [6.45, 7) is 4.19. The van der Waals surface area contributed by atoms with Crippen LogP contribution in [0, 0.1) is 0 Å². The first-order valence-corrected chi connectivity index (χ1v) is 4.34. The smallest absolute Gasteiger partial charge is 0.317 e. The molecule has 2 N–H and O–H groups in total. The summed E-state index contributed by atoms with van der Waals surface area (Å²) in [5.74, 6) is 0.538. The Hall–Kier alpha value is -1.66. The van der Waals surface area contributed by atoms with E-state index in [0.717, 1.165) is 0 Å². The number of nitrogens with one attached hydrogen (secondary N) is 2. The second-order valence-corrected chi connectivity index (χ2v) is 3.21. The summed E-state index contributed by atoms with van der Waals surface area (Å²) < 4.78 is 0. The molecule has 1 rings (SSSR count). The molecule has 0 unspecified atom stereocenters. The normalized spacial score (nSPS) is 10.3. The minimum absolute atomic E-state index is 0.142. The number of carbonyl (C=O) groups excluding carboxylic acids is 1. The molecule has 0 saturated carbocycles. The number of aromatic nitrogens is 4. The van der Waals surface area contributed by atoms with Crippen molar-refractivity contribution in [1.29, 1.82) is 0 Å². The quantitative estimate of drug-likeness (QED) is 0.701. The van der Waals surface area contributed by atoms with Crippen LogP contribution in [0.25, 0.3) is 0 Å². The number of rotatable bonds is 3. The summed E-state index contributed by atoms with van der Waals surface area (Å²) >= 11 is 0. The van der Waals surface area contributed by atoms with Crippen LogP contribution in [0.1, 0.15) is 19.7 Å². The SMILES string of the molecule is CC(C)N(C)C(=O)NCc1nnn[nH]1. The van der Waals surface area contributed by atoms with Gasteiger partial charge in [-0.1, -0.05) is 0 Å². The highest BCUT2D eigenvalue weighted by atomic mass is 16.2. The summed E-state index contributed by atoms with van der Waals surface area (Å²) in [7, 11) is 1.73. The number of urea groups is 1. The van der Waals surface area contributed by atoms with E-state index in [1.165, 1.54) is 0 Å². The molecule has 0 aliphatic heterocycles. The molecular formula is C7H14N6O.